The first-order valence-corrected chi connectivity index (χ1v) is 4.50. The van der Waals surface area contributed by atoms with E-state index in [0.29, 0.717) is 23.7 Å². The molecular weight excluding hydrogens is 196 g/mol. The van der Waals surface area contributed by atoms with Crippen LogP contribution in [0.1, 0.15) is 17.3 Å². The number of rotatable bonds is 3. The maximum Gasteiger partial charge on any atom is 0.341 e. The van der Waals surface area contributed by atoms with Crippen molar-refractivity contribution in [2.75, 3.05) is 25.2 Å². The van der Waals surface area contributed by atoms with Crippen molar-refractivity contribution in [1.82, 2.24) is 0 Å². The molecule has 0 atom stereocenters. The number of esters is 1. The van der Waals surface area contributed by atoms with Gasteiger partial charge in [0.1, 0.15) is 11.3 Å². The number of benzene rings is 1. The van der Waals surface area contributed by atoms with Crippen LogP contribution in [0.2, 0.25) is 0 Å². The second-order valence-electron chi connectivity index (χ2n) is 2.90. The molecule has 4 N–H and O–H groups in total. The van der Waals surface area contributed by atoms with Crippen LogP contribution in [0.15, 0.2) is 12.1 Å². The minimum Gasteiger partial charge on any atom is -0.496 e. The summed E-state index contributed by atoms with van der Waals surface area (Å²) < 4.78 is 9.86. The highest BCUT2D eigenvalue weighted by Gasteiger charge is 2.15. The van der Waals surface area contributed by atoms with Crippen LogP contribution in [0.4, 0.5) is 11.4 Å². The Kier molecular flexibility index (Phi) is 3.38. The standard InChI is InChI=1S/C10H14N2O3/c1-3-15-10(13)6-4-7(11)8(12)5-9(6)14-2/h4-5H,3,11-12H2,1-2H3. The molecule has 0 saturated carbocycles. The molecule has 0 radical (unpaired) electrons. The van der Waals surface area contributed by atoms with Crippen molar-refractivity contribution < 1.29 is 14.3 Å². The number of anilines is 2. The molecule has 0 bridgehead atoms. The lowest BCUT2D eigenvalue weighted by Gasteiger charge is -2.10. The summed E-state index contributed by atoms with van der Waals surface area (Å²) in [5.74, 6) is -0.110. The molecule has 0 amide bonds. The van der Waals surface area contributed by atoms with Crippen molar-refractivity contribution in [3.05, 3.63) is 17.7 Å². The van der Waals surface area contributed by atoms with E-state index in [1.165, 1.54) is 19.2 Å². The van der Waals surface area contributed by atoms with Gasteiger partial charge in [-0.15, -0.1) is 0 Å². The normalized spacial score (nSPS) is 9.73. The number of methoxy groups -OCH3 is 1. The zero-order chi connectivity index (χ0) is 11.4. The first-order chi connectivity index (χ1) is 7.10. The maximum absolute atomic E-state index is 11.5. The Balaban J connectivity index is 3.15. The number of hydrogen-bond donors (Lipinski definition) is 2. The molecule has 1 aromatic rings. The number of ether oxygens (including phenoxy) is 2. The fraction of sp³-hybridized carbons (Fsp3) is 0.300. The van der Waals surface area contributed by atoms with E-state index in [2.05, 4.69) is 0 Å². The van der Waals surface area contributed by atoms with E-state index in [4.69, 9.17) is 20.9 Å². The van der Waals surface area contributed by atoms with Gasteiger partial charge in [-0.2, -0.15) is 0 Å². The van der Waals surface area contributed by atoms with Crippen LogP contribution in [0.5, 0.6) is 5.75 Å². The van der Waals surface area contributed by atoms with Crippen molar-refractivity contribution in [3.63, 3.8) is 0 Å². The minimum absolute atomic E-state index is 0.283. The van der Waals surface area contributed by atoms with Gasteiger partial charge in [-0.25, -0.2) is 4.79 Å². The fourth-order valence-electron chi connectivity index (χ4n) is 1.15. The predicted molar refractivity (Wildman–Crippen MR) is 57.8 cm³/mol. The summed E-state index contributed by atoms with van der Waals surface area (Å²) >= 11 is 0. The third-order valence-corrected chi connectivity index (χ3v) is 1.90. The number of carbonyl (C=O) groups excluding carboxylic acids is 1. The molecule has 1 aromatic carbocycles. The molecule has 0 aliphatic rings. The fourth-order valence-corrected chi connectivity index (χ4v) is 1.15. The Labute approximate surface area is 88.0 Å². The van der Waals surface area contributed by atoms with E-state index in [-0.39, 0.29) is 5.56 Å². The van der Waals surface area contributed by atoms with Gasteiger partial charge in [-0.1, -0.05) is 0 Å². The molecule has 0 unspecified atom stereocenters. The Morgan fingerprint density at radius 3 is 2.47 bits per heavy atom. The molecule has 0 heterocycles. The quantitative estimate of drug-likeness (QED) is 0.574. The molecule has 5 nitrogen and oxygen atoms in total. The van der Waals surface area contributed by atoms with Gasteiger partial charge in [-0.3, -0.25) is 0 Å². The van der Waals surface area contributed by atoms with Crippen molar-refractivity contribution in [1.29, 1.82) is 0 Å². The third kappa shape index (κ3) is 2.31. The molecule has 0 spiro atoms. The van der Waals surface area contributed by atoms with Crippen LogP contribution >= 0.6 is 0 Å². The van der Waals surface area contributed by atoms with Gasteiger partial charge >= 0.3 is 5.97 Å². The molecule has 82 valence electrons. The SMILES string of the molecule is CCOC(=O)c1cc(N)c(N)cc1OC. The van der Waals surface area contributed by atoms with E-state index in [0.717, 1.165) is 0 Å². The highest BCUT2D eigenvalue weighted by atomic mass is 16.5. The average Bonchev–Trinajstić information content (AvgIpc) is 2.21. The van der Waals surface area contributed by atoms with Crippen molar-refractivity contribution in [3.8, 4) is 5.75 Å². The Bertz CT molecular complexity index is 377. The summed E-state index contributed by atoms with van der Waals surface area (Å²) in [5.41, 5.74) is 12.2. The van der Waals surface area contributed by atoms with Gasteiger partial charge in [0.25, 0.3) is 0 Å². The summed E-state index contributed by atoms with van der Waals surface area (Å²) in [4.78, 5) is 11.5. The van der Waals surface area contributed by atoms with Crippen LogP contribution in [-0.2, 0) is 4.74 Å². The van der Waals surface area contributed by atoms with Gasteiger partial charge in [0.2, 0.25) is 0 Å². The van der Waals surface area contributed by atoms with E-state index in [1.807, 2.05) is 0 Å². The van der Waals surface area contributed by atoms with Crippen LogP contribution in [0, 0.1) is 0 Å². The maximum atomic E-state index is 11.5. The van der Waals surface area contributed by atoms with Gasteiger partial charge < -0.3 is 20.9 Å². The van der Waals surface area contributed by atoms with Crippen LogP contribution in [0.25, 0.3) is 0 Å². The van der Waals surface area contributed by atoms with Gasteiger partial charge in [-0.05, 0) is 13.0 Å². The van der Waals surface area contributed by atoms with Crippen LogP contribution < -0.4 is 16.2 Å². The largest absolute Gasteiger partial charge is 0.496 e. The molecule has 0 aromatic heterocycles. The number of nitrogen functional groups attached to an aromatic ring is 2. The summed E-state index contributed by atoms with van der Waals surface area (Å²) in [6.45, 7) is 2.03. The third-order valence-electron chi connectivity index (χ3n) is 1.90. The van der Waals surface area contributed by atoms with Gasteiger partial charge in [0, 0.05) is 6.07 Å². The second kappa shape index (κ2) is 4.54. The first-order valence-electron chi connectivity index (χ1n) is 4.50. The summed E-state index contributed by atoms with van der Waals surface area (Å²) in [6.07, 6.45) is 0. The predicted octanol–water partition coefficient (Wildman–Crippen LogP) is 1.04. The summed E-state index contributed by atoms with van der Waals surface area (Å²) in [7, 11) is 1.45. The monoisotopic (exact) mass is 210 g/mol. The molecule has 0 saturated heterocycles. The number of nitrogens with two attached hydrogens (primary N) is 2. The molecule has 0 aliphatic heterocycles. The zero-order valence-electron chi connectivity index (χ0n) is 8.74. The molecule has 5 heteroatoms. The Morgan fingerprint density at radius 2 is 1.93 bits per heavy atom. The molecule has 1 rings (SSSR count). The zero-order valence-corrected chi connectivity index (χ0v) is 8.74. The van der Waals surface area contributed by atoms with Crippen LogP contribution in [0.3, 0.4) is 0 Å². The molecule has 0 fully saturated rings. The lowest BCUT2D eigenvalue weighted by atomic mass is 10.1. The number of hydrogen-bond acceptors (Lipinski definition) is 5. The minimum atomic E-state index is -0.471. The average molecular weight is 210 g/mol. The number of carbonyl (C=O) groups is 1. The molecular formula is C10H14N2O3. The lowest BCUT2D eigenvalue weighted by molar-refractivity contribution is 0.0523. The van der Waals surface area contributed by atoms with Crippen molar-refractivity contribution in [2.45, 2.75) is 6.92 Å². The second-order valence-corrected chi connectivity index (χ2v) is 2.90. The molecule has 0 aliphatic carbocycles. The summed E-state index contributed by atoms with van der Waals surface area (Å²) in [5, 5.41) is 0. The highest BCUT2D eigenvalue weighted by Crippen LogP contribution is 2.27. The van der Waals surface area contributed by atoms with Crippen LogP contribution in [-0.4, -0.2) is 19.7 Å². The Morgan fingerprint density at radius 1 is 1.33 bits per heavy atom. The first kappa shape index (κ1) is 11.2. The lowest BCUT2D eigenvalue weighted by Crippen LogP contribution is -2.08. The van der Waals surface area contributed by atoms with E-state index in [9.17, 15) is 4.79 Å². The van der Waals surface area contributed by atoms with Gasteiger partial charge in [0.15, 0.2) is 0 Å². The van der Waals surface area contributed by atoms with Crippen molar-refractivity contribution >= 4 is 17.3 Å². The van der Waals surface area contributed by atoms with Gasteiger partial charge in [0.05, 0.1) is 25.1 Å². The molecule has 15 heavy (non-hydrogen) atoms. The van der Waals surface area contributed by atoms with E-state index in [1.54, 1.807) is 6.92 Å². The summed E-state index contributed by atoms with van der Waals surface area (Å²) in [6, 6.07) is 2.95. The highest BCUT2D eigenvalue weighted by molar-refractivity contribution is 5.95. The van der Waals surface area contributed by atoms with Crippen molar-refractivity contribution in [2.24, 2.45) is 0 Å². The Hall–Kier alpha value is -1.91. The smallest absolute Gasteiger partial charge is 0.341 e. The van der Waals surface area contributed by atoms with E-state index >= 15 is 0 Å². The topological polar surface area (TPSA) is 87.6 Å². The van der Waals surface area contributed by atoms with E-state index < -0.39 is 5.97 Å².